The van der Waals surface area contributed by atoms with Crippen molar-refractivity contribution in [1.29, 1.82) is 0 Å². The van der Waals surface area contributed by atoms with Crippen molar-refractivity contribution in [2.75, 3.05) is 17.2 Å². The standard InChI is InChI=1S/C13H17ClN2O3S/c1-3-11-5-4-9(2)15-13(11)16-7-10(6-12(16)17)8-20(14,18)19/h4-5,10H,3,6-8H2,1-2H3. The maximum absolute atomic E-state index is 12.1. The van der Waals surface area contributed by atoms with Gasteiger partial charge in [0, 0.05) is 35.3 Å². The predicted octanol–water partition coefficient (Wildman–Crippen LogP) is 1.87. The van der Waals surface area contributed by atoms with Crippen LogP contribution in [0.2, 0.25) is 0 Å². The quantitative estimate of drug-likeness (QED) is 0.795. The third-order valence-corrected chi connectivity index (χ3v) is 4.62. The molecule has 1 aliphatic rings. The fraction of sp³-hybridized carbons (Fsp3) is 0.538. The average molecular weight is 317 g/mol. The van der Waals surface area contributed by atoms with Gasteiger partial charge < -0.3 is 0 Å². The average Bonchev–Trinajstić information content (AvgIpc) is 2.67. The van der Waals surface area contributed by atoms with Gasteiger partial charge in [-0.1, -0.05) is 13.0 Å². The number of amides is 1. The van der Waals surface area contributed by atoms with Crippen molar-refractivity contribution in [3.05, 3.63) is 23.4 Å². The molecule has 0 saturated carbocycles. The van der Waals surface area contributed by atoms with Crippen LogP contribution in [-0.4, -0.2) is 31.6 Å². The molecule has 1 aliphatic heterocycles. The molecule has 7 heteroatoms. The first-order valence-electron chi connectivity index (χ1n) is 6.49. The monoisotopic (exact) mass is 316 g/mol. The lowest BCUT2D eigenvalue weighted by Gasteiger charge is -2.19. The number of aromatic nitrogens is 1. The van der Waals surface area contributed by atoms with E-state index in [1.165, 1.54) is 0 Å². The summed E-state index contributed by atoms with van der Waals surface area (Å²) in [5.41, 5.74) is 1.82. The Labute approximate surface area is 123 Å². The normalized spacial score (nSPS) is 19.6. The highest BCUT2D eigenvalue weighted by Crippen LogP contribution is 2.28. The topological polar surface area (TPSA) is 67.3 Å². The van der Waals surface area contributed by atoms with Crippen LogP contribution < -0.4 is 4.90 Å². The minimum atomic E-state index is -3.59. The van der Waals surface area contributed by atoms with Crippen molar-refractivity contribution in [2.45, 2.75) is 26.7 Å². The summed E-state index contributed by atoms with van der Waals surface area (Å²) in [6.45, 7) is 4.22. The van der Waals surface area contributed by atoms with E-state index in [4.69, 9.17) is 10.7 Å². The molecular weight excluding hydrogens is 300 g/mol. The third-order valence-electron chi connectivity index (χ3n) is 3.37. The summed E-state index contributed by atoms with van der Waals surface area (Å²) in [6, 6.07) is 3.86. The van der Waals surface area contributed by atoms with E-state index in [0.717, 1.165) is 17.7 Å². The number of nitrogens with zero attached hydrogens (tertiary/aromatic N) is 2. The number of halogens is 1. The maximum Gasteiger partial charge on any atom is 0.232 e. The molecular formula is C13H17ClN2O3S. The molecule has 5 nitrogen and oxygen atoms in total. The highest BCUT2D eigenvalue weighted by Gasteiger charge is 2.34. The molecule has 0 spiro atoms. The number of carbonyl (C=O) groups excluding carboxylic acids is 1. The summed E-state index contributed by atoms with van der Waals surface area (Å²) < 4.78 is 22.3. The first kappa shape index (κ1) is 15.3. The molecule has 0 radical (unpaired) electrons. The smallest absolute Gasteiger partial charge is 0.232 e. The first-order chi connectivity index (χ1) is 9.30. The van der Waals surface area contributed by atoms with Crippen LogP contribution in [0.25, 0.3) is 0 Å². The molecule has 1 aromatic heterocycles. The van der Waals surface area contributed by atoms with Gasteiger partial charge in [-0.15, -0.1) is 0 Å². The Morgan fingerprint density at radius 3 is 2.75 bits per heavy atom. The lowest BCUT2D eigenvalue weighted by Crippen LogP contribution is -2.27. The van der Waals surface area contributed by atoms with E-state index >= 15 is 0 Å². The minimum Gasteiger partial charge on any atom is -0.296 e. The van der Waals surface area contributed by atoms with E-state index in [0.29, 0.717) is 12.4 Å². The van der Waals surface area contributed by atoms with Crippen molar-refractivity contribution in [3.8, 4) is 0 Å². The Morgan fingerprint density at radius 2 is 2.15 bits per heavy atom. The van der Waals surface area contributed by atoms with E-state index in [1.54, 1.807) is 4.90 Å². The van der Waals surface area contributed by atoms with Crippen molar-refractivity contribution in [3.63, 3.8) is 0 Å². The molecule has 1 aromatic rings. The van der Waals surface area contributed by atoms with Gasteiger partial charge in [-0.2, -0.15) is 0 Å². The van der Waals surface area contributed by atoms with Crippen LogP contribution in [0.5, 0.6) is 0 Å². The predicted molar refractivity (Wildman–Crippen MR) is 78.5 cm³/mol. The molecule has 0 N–H and O–H groups in total. The molecule has 1 fully saturated rings. The fourth-order valence-electron chi connectivity index (χ4n) is 2.46. The first-order valence-corrected chi connectivity index (χ1v) is 8.97. The Bertz CT molecular complexity index is 631. The van der Waals surface area contributed by atoms with Crippen LogP contribution >= 0.6 is 10.7 Å². The minimum absolute atomic E-state index is 0.0943. The Balaban J connectivity index is 2.26. The molecule has 110 valence electrons. The second-order valence-corrected chi connectivity index (χ2v) is 7.89. The van der Waals surface area contributed by atoms with Gasteiger partial charge >= 0.3 is 0 Å². The van der Waals surface area contributed by atoms with Crippen molar-refractivity contribution in [2.24, 2.45) is 5.92 Å². The van der Waals surface area contributed by atoms with Gasteiger partial charge in [-0.25, -0.2) is 13.4 Å². The Kier molecular flexibility index (Phi) is 4.34. The lowest BCUT2D eigenvalue weighted by molar-refractivity contribution is -0.117. The molecule has 0 aromatic carbocycles. The molecule has 1 saturated heterocycles. The van der Waals surface area contributed by atoms with E-state index < -0.39 is 9.05 Å². The summed E-state index contributed by atoms with van der Waals surface area (Å²) in [4.78, 5) is 18.1. The van der Waals surface area contributed by atoms with Gasteiger partial charge in [0.15, 0.2) is 0 Å². The Hall–Kier alpha value is -1.14. The number of carbonyl (C=O) groups is 1. The molecule has 1 amide bonds. The molecule has 20 heavy (non-hydrogen) atoms. The summed E-state index contributed by atoms with van der Waals surface area (Å²) >= 11 is 0. The number of hydrogen-bond donors (Lipinski definition) is 0. The SMILES string of the molecule is CCc1ccc(C)nc1N1CC(CS(=O)(=O)Cl)CC1=O. The largest absolute Gasteiger partial charge is 0.296 e. The number of hydrogen-bond acceptors (Lipinski definition) is 4. The summed E-state index contributed by atoms with van der Waals surface area (Å²) in [7, 11) is 1.68. The van der Waals surface area contributed by atoms with Gasteiger partial charge in [0.05, 0.1) is 5.75 Å². The van der Waals surface area contributed by atoms with Gasteiger partial charge in [0.1, 0.15) is 5.82 Å². The molecule has 2 heterocycles. The van der Waals surface area contributed by atoms with E-state index in [1.807, 2.05) is 26.0 Å². The number of anilines is 1. The number of pyridine rings is 1. The summed E-state index contributed by atoms with van der Waals surface area (Å²) in [6.07, 6.45) is 0.968. The third kappa shape index (κ3) is 3.49. The van der Waals surface area contributed by atoms with Crippen LogP contribution in [0.1, 0.15) is 24.6 Å². The van der Waals surface area contributed by atoms with Crippen molar-refractivity contribution >= 4 is 31.5 Å². The van der Waals surface area contributed by atoms with Crippen molar-refractivity contribution in [1.82, 2.24) is 4.98 Å². The van der Waals surface area contributed by atoms with E-state index in [9.17, 15) is 13.2 Å². The zero-order chi connectivity index (χ0) is 14.9. The number of aryl methyl sites for hydroxylation is 2. The molecule has 1 unspecified atom stereocenters. The lowest BCUT2D eigenvalue weighted by atomic mass is 10.1. The van der Waals surface area contributed by atoms with Crippen LogP contribution in [0.4, 0.5) is 5.82 Å². The summed E-state index contributed by atoms with van der Waals surface area (Å²) in [5.74, 6) is 0.108. The van der Waals surface area contributed by atoms with Gasteiger partial charge in [-0.05, 0) is 25.0 Å². The molecule has 2 rings (SSSR count). The van der Waals surface area contributed by atoms with Crippen LogP contribution in [-0.2, 0) is 20.3 Å². The highest BCUT2D eigenvalue weighted by molar-refractivity contribution is 8.13. The van der Waals surface area contributed by atoms with Crippen LogP contribution in [0.15, 0.2) is 12.1 Å². The number of rotatable bonds is 4. The van der Waals surface area contributed by atoms with Gasteiger partial charge in [0.25, 0.3) is 0 Å². The van der Waals surface area contributed by atoms with Gasteiger partial charge in [-0.3, -0.25) is 9.69 Å². The zero-order valence-electron chi connectivity index (χ0n) is 11.5. The van der Waals surface area contributed by atoms with E-state index in [2.05, 4.69) is 4.98 Å². The molecule has 0 aliphatic carbocycles. The Morgan fingerprint density at radius 1 is 1.45 bits per heavy atom. The zero-order valence-corrected chi connectivity index (χ0v) is 13.0. The fourth-order valence-corrected chi connectivity index (χ4v) is 3.78. The van der Waals surface area contributed by atoms with Gasteiger partial charge in [0.2, 0.25) is 15.0 Å². The van der Waals surface area contributed by atoms with Crippen LogP contribution in [0.3, 0.4) is 0 Å². The van der Waals surface area contributed by atoms with Crippen molar-refractivity contribution < 1.29 is 13.2 Å². The van der Waals surface area contributed by atoms with E-state index in [-0.39, 0.29) is 24.0 Å². The maximum atomic E-state index is 12.1. The van der Waals surface area contributed by atoms with Crippen LogP contribution in [0, 0.1) is 12.8 Å². The summed E-state index contributed by atoms with van der Waals surface area (Å²) in [5, 5.41) is 0. The molecule has 0 bridgehead atoms. The molecule has 1 atom stereocenters. The second-order valence-electron chi connectivity index (χ2n) is 5.07. The highest BCUT2D eigenvalue weighted by atomic mass is 35.7. The second kappa shape index (κ2) is 5.69.